The van der Waals surface area contributed by atoms with Gasteiger partial charge in [-0.1, -0.05) is 30.5 Å². The van der Waals surface area contributed by atoms with Crippen molar-refractivity contribution in [2.45, 2.75) is 56.6 Å². The topological polar surface area (TPSA) is 93.7 Å². The lowest BCUT2D eigenvalue weighted by Crippen LogP contribution is -2.52. The molecular weight excluding hydrogens is 363 g/mol. The van der Waals surface area contributed by atoms with E-state index in [0.29, 0.717) is 12.8 Å². The molecule has 0 amide bonds. The van der Waals surface area contributed by atoms with Gasteiger partial charge in [0.05, 0.1) is 18.1 Å². The van der Waals surface area contributed by atoms with E-state index < -0.39 is 22.9 Å². The lowest BCUT2D eigenvalue weighted by Gasteiger charge is -2.36. The Hall–Kier alpha value is -0.760. The molecule has 1 aromatic carbocycles. The first-order valence-corrected chi connectivity index (χ1v) is 11.6. The van der Waals surface area contributed by atoms with Crippen LogP contribution in [0.2, 0.25) is 0 Å². The summed E-state index contributed by atoms with van der Waals surface area (Å²) in [6.45, 7) is 5.82. The number of benzene rings is 1. The predicted molar refractivity (Wildman–Crippen MR) is 96.7 cm³/mol. The van der Waals surface area contributed by atoms with Crippen molar-refractivity contribution in [1.29, 1.82) is 0 Å². The number of nitrogens with one attached hydrogen (secondary N) is 2. The molecule has 25 heavy (non-hydrogen) atoms. The van der Waals surface area contributed by atoms with Gasteiger partial charge in [-0.2, -0.15) is 0 Å². The van der Waals surface area contributed by atoms with E-state index in [9.17, 15) is 13.0 Å². The van der Waals surface area contributed by atoms with E-state index in [2.05, 4.69) is 10.3 Å². The third kappa shape index (κ3) is 4.51. The molecule has 9 heteroatoms. The molecule has 2 N–H and O–H groups in total. The van der Waals surface area contributed by atoms with Gasteiger partial charge in [-0.25, -0.2) is 13.8 Å². The summed E-state index contributed by atoms with van der Waals surface area (Å²) < 4.78 is 49.3. The number of hydrazine groups is 1. The number of aryl methyl sites for hydroxylation is 1. The third-order valence-electron chi connectivity index (χ3n) is 4.30. The minimum Gasteiger partial charge on any atom is -0.308 e. The van der Waals surface area contributed by atoms with Crippen LogP contribution >= 0.6 is 7.60 Å². The zero-order chi connectivity index (χ0) is 18.6. The van der Waals surface area contributed by atoms with Crippen molar-refractivity contribution in [3.05, 3.63) is 29.8 Å². The average molecular weight is 390 g/mol. The first kappa shape index (κ1) is 20.6. The van der Waals surface area contributed by atoms with Gasteiger partial charge in [-0.3, -0.25) is 4.57 Å². The maximum absolute atomic E-state index is 13.3. The van der Waals surface area contributed by atoms with Crippen LogP contribution in [0.4, 0.5) is 0 Å². The van der Waals surface area contributed by atoms with Crippen LogP contribution in [0.15, 0.2) is 29.2 Å². The summed E-state index contributed by atoms with van der Waals surface area (Å²) in [6.07, 6.45) is 2.67. The minimum atomic E-state index is -3.79. The maximum atomic E-state index is 13.3. The van der Waals surface area contributed by atoms with Crippen molar-refractivity contribution in [2.24, 2.45) is 0 Å². The first-order chi connectivity index (χ1) is 11.8. The fraction of sp³-hybridized carbons (Fsp3) is 0.625. The number of sulfonamides is 1. The zero-order valence-electron chi connectivity index (χ0n) is 14.9. The second-order valence-electron chi connectivity index (χ2n) is 6.12. The molecule has 7 nitrogen and oxygen atoms in total. The molecule has 0 atom stereocenters. The van der Waals surface area contributed by atoms with Crippen molar-refractivity contribution in [2.75, 3.05) is 13.2 Å². The number of hydrogen-bond acceptors (Lipinski definition) is 6. The van der Waals surface area contributed by atoms with Crippen LogP contribution in [0.1, 0.15) is 45.1 Å². The molecule has 0 radical (unpaired) electrons. The molecule has 0 bridgehead atoms. The van der Waals surface area contributed by atoms with Crippen LogP contribution < -0.4 is 10.3 Å². The van der Waals surface area contributed by atoms with Crippen molar-refractivity contribution in [3.63, 3.8) is 0 Å². The quantitative estimate of drug-likeness (QED) is 0.496. The zero-order valence-corrected chi connectivity index (χ0v) is 16.7. The minimum absolute atomic E-state index is 0.140. The molecule has 1 saturated carbocycles. The summed E-state index contributed by atoms with van der Waals surface area (Å²) in [5, 5.41) is -1.04. The summed E-state index contributed by atoms with van der Waals surface area (Å²) in [6, 6.07) is 6.52. The van der Waals surface area contributed by atoms with Gasteiger partial charge in [0.2, 0.25) is 0 Å². The Morgan fingerprint density at radius 1 is 1.08 bits per heavy atom. The molecule has 0 spiro atoms. The molecule has 0 unspecified atom stereocenters. The van der Waals surface area contributed by atoms with Crippen molar-refractivity contribution in [3.8, 4) is 0 Å². The summed E-state index contributed by atoms with van der Waals surface area (Å²) in [4.78, 5) is 2.53. The third-order valence-corrected chi connectivity index (χ3v) is 8.37. The van der Waals surface area contributed by atoms with Gasteiger partial charge >= 0.3 is 7.60 Å². The van der Waals surface area contributed by atoms with Gasteiger partial charge in [0.15, 0.2) is 0 Å². The molecule has 0 aromatic heterocycles. The Morgan fingerprint density at radius 2 is 1.60 bits per heavy atom. The maximum Gasteiger partial charge on any atom is 0.351 e. The molecular formula is C16H27N2O5PS. The summed E-state index contributed by atoms with van der Waals surface area (Å²) in [7, 11) is -7.31. The lowest BCUT2D eigenvalue weighted by molar-refractivity contribution is 0.183. The van der Waals surface area contributed by atoms with E-state index in [0.717, 1.165) is 18.4 Å². The Balaban J connectivity index is 2.24. The Labute approximate surface area is 150 Å². The summed E-state index contributed by atoms with van der Waals surface area (Å²) in [5.41, 5.74) is 3.78. The van der Waals surface area contributed by atoms with Gasteiger partial charge in [-0.15, -0.1) is 4.83 Å². The molecule has 0 heterocycles. The number of rotatable bonds is 9. The smallest absolute Gasteiger partial charge is 0.308 e. The van der Waals surface area contributed by atoms with Gasteiger partial charge < -0.3 is 9.05 Å². The Kier molecular flexibility index (Phi) is 6.81. The SMILES string of the molecule is CCOP(=O)(OCC)C1(NNS(=O)(=O)c2ccc(C)cc2)CCCC1. The van der Waals surface area contributed by atoms with E-state index in [1.54, 1.807) is 26.0 Å². The molecule has 1 fully saturated rings. The van der Waals surface area contributed by atoms with Crippen molar-refractivity contribution < 1.29 is 22.0 Å². The average Bonchev–Trinajstić information content (AvgIpc) is 3.05. The second-order valence-corrected chi connectivity index (χ2v) is 10.2. The van der Waals surface area contributed by atoms with Crippen molar-refractivity contribution in [1.82, 2.24) is 10.3 Å². The van der Waals surface area contributed by atoms with Gasteiger partial charge in [-0.05, 0) is 45.7 Å². The van der Waals surface area contributed by atoms with Crippen molar-refractivity contribution >= 4 is 17.6 Å². The fourth-order valence-corrected chi connectivity index (χ4v) is 6.31. The molecule has 2 rings (SSSR count). The molecule has 1 aliphatic rings. The summed E-state index contributed by atoms with van der Waals surface area (Å²) in [5.74, 6) is 0. The standard InChI is InChI=1S/C16H27N2O5PS/c1-4-22-24(19,23-5-2)16(12-6-7-13-16)17-18-25(20,21)15-10-8-14(3)9-11-15/h8-11,17-18H,4-7,12-13H2,1-3H3. The van der Waals surface area contributed by atoms with Crippen LogP contribution in [0, 0.1) is 6.92 Å². The molecule has 142 valence electrons. The second kappa shape index (κ2) is 8.29. The Bertz CT molecular complexity index is 705. The normalized spacial score (nSPS) is 17.7. The summed E-state index contributed by atoms with van der Waals surface area (Å²) >= 11 is 0. The molecule has 1 aliphatic carbocycles. The number of hydrogen-bond donors (Lipinski definition) is 2. The van der Waals surface area contributed by atoms with E-state index in [-0.39, 0.29) is 18.1 Å². The van der Waals surface area contributed by atoms with Crippen LogP contribution in [0.3, 0.4) is 0 Å². The molecule has 0 saturated heterocycles. The van der Waals surface area contributed by atoms with Crippen LogP contribution in [-0.2, 0) is 23.6 Å². The first-order valence-electron chi connectivity index (χ1n) is 8.53. The lowest BCUT2D eigenvalue weighted by atomic mass is 10.2. The highest BCUT2D eigenvalue weighted by molar-refractivity contribution is 7.89. The van der Waals surface area contributed by atoms with Crippen LogP contribution in [-0.4, -0.2) is 26.9 Å². The highest BCUT2D eigenvalue weighted by Crippen LogP contribution is 2.64. The van der Waals surface area contributed by atoms with E-state index in [1.807, 2.05) is 6.92 Å². The van der Waals surface area contributed by atoms with Gasteiger partial charge in [0.25, 0.3) is 10.0 Å². The highest BCUT2D eigenvalue weighted by atomic mass is 32.2. The monoisotopic (exact) mass is 390 g/mol. The van der Waals surface area contributed by atoms with Gasteiger partial charge in [0.1, 0.15) is 5.28 Å². The van der Waals surface area contributed by atoms with E-state index >= 15 is 0 Å². The van der Waals surface area contributed by atoms with E-state index in [1.165, 1.54) is 12.1 Å². The highest BCUT2D eigenvalue weighted by Gasteiger charge is 2.53. The Morgan fingerprint density at radius 3 is 2.08 bits per heavy atom. The van der Waals surface area contributed by atoms with E-state index in [4.69, 9.17) is 9.05 Å². The fourth-order valence-electron chi connectivity index (χ4n) is 2.99. The molecule has 1 aromatic rings. The van der Waals surface area contributed by atoms with Crippen LogP contribution in [0.5, 0.6) is 0 Å². The van der Waals surface area contributed by atoms with Crippen LogP contribution in [0.25, 0.3) is 0 Å². The van der Waals surface area contributed by atoms with Gasteiger partial charge in [0, 0.05) is 0 Å². The predicted octanol–water partition coefficient (Wildman–Crippen LogP) is 3.31. The molecule has 0 aliphatic heterocycles. The largest absolute Gasteiger partial charge is 0.351 e.